The molecular weight excluding hydrogens is 309 g/mol. The highest BCUT2D eigenvalue weighted by Crippen LogP contribution is 2.31. The molecule has 0 aliphatic rings. The van der Waals surface area contributed by atoms with Crippen LogP contribution in [0.25, 0.3) is 22.1 Å². The molecule has 0 atom stereocenters. The van der Waals surface area contributed by atoms with E-state index in [4.69, 9.17) is 4.42 Å². The van der Waals surface area contributed by atoms with Crippen LogP contribution < -0.4 is 5.32 Å². The van der Waals surface area contributed by atoms with Crippen LogP contribution in [0.4, 0.5) is 16.1 Å². The minimum Gasteiger partial charge on any atom is -0.508 e. The minimum absolute atomic E-state index is 0.126. The quantitative estimate of drug-likeness (QED) is 0.582. The van der Waals surface area contributed by atoms with E-state index in [-0.39, 0.29) is 17.6 Å². The second-order valence-corrected chi connectivity index (χ2v) is 5.23. The zero-order chi connectivity index (χ0) is 16.5. The van der Waals surface area contributed by atoms with Crippen molar-refractivity contribution in [1.82, 2.24) is 9.97 Å². The molecule has 0 fully saturated rings. The zero-order valence-corrected chi connectivity index (χ0v) is 12.4. The van der Waals surface area contributed by atoms with Gasteiger partial charge in [0.2, 0.25) is 0 Å². The van der Waals surface area contributed by atoms with Gasteiger partial charge in [0.1, 0.15) is 11.6 Å². The Kier molecular flexibility index (Phi) is 3.35. The third kappa shape index (κ3) is 2.54. The summed E-state index contributed by atoms with van der Waals surface area (Å²) in [6.45, 7) is 0. The molecule has 0 aliphatic carbocycles. The molecular formula is C18H12FN3O2. The number of hydrogen-bond donors (Lipinski definition) is 2. The standard InChI is InChI=1S/C18H12FN3O2/c19-17-14-6-7-20-9-11(14)4-5-15(17)16-10-21-18(24-16)22-12-2-1-3-13(23)8-12/h1-10,23H,(H,21,22). The first kappa shape index (κ1) is 14.2. The van der Waals surface area contributed by atoms with Crippen LogP contribution in [0.5, 0.6) is 5.75 Å². The van der Waals surface area contributed by atoms with Crippen molar-refractivity contribution < 1.29 is 13.9 Å². The van der Waals surface area contributed by atoms with Gasteiger partial charge in [-0.1, -0.05) is 12.1 Å². The Labute approximate surface area is 136 Å². The van der Waals surface area contributed by atoms with Gasteiger partial charge >= 0.3 is 0 Å². The van der Waals surface area contributed by atoms with Crippen LogP contribution in [0.1, 0.15) is 0 Å². The Balaban J connectivity index is 1.69. The van der Waals surface area contributed by atoms with E-state index in [1.54, 1.807) is 48.8 Å². The minimum atomic E-state index is -0.380. The van der Waals surface area contributed by atoms with E-state index in [2.05, 4.69) is 15.3 Å². The number of fused-ring (bicyclic) bond motifs is 1. The van der Waals surface area contributed by atoms with Gasteiger partial charge in [-0.2, -0.15) is 0 Å². The summed E-state index contributed by atoms with van der Waals surface area (Å²) >= 11 is 0. The van der Waals surface area contributed by atoms with Gasteiger partial charge in [-0.05, 0) is 24.3 Å². The van der Waals surface area contributed by atoms with Crippen molar-refractivity contribution in [3.05, 3.63) is 66.9 Å². The van der Waals surface area contributed by atoms with Gasteiger partial charge in [0.05, 0.1) is 11.8 Å². The van der Waals surface area contributed by atoms with Gasteiger partial charge in [-0.25, -0.2) is 9.37 Å². The van der Waals surface area contributed by atoms with Crippen molar-refractivity contribution in [1.29, 1.82) is 0 Å². The van der Waals surface area contributed by atoms with E-state index in [1.165, 1.54) is 12.3 Å². The van der Waals surface area contributed by atoms with Crippen LogP contribution in [0, 0.1) is 5.82 Å². The van der Waals surface area contributed by atoms with E-state index in [9.17, 15) is 9.50 Å². The molecule has 0 saturated carbocycles. The predicted octanol–water partition coefficient (Wildman–Crippen LogP) is 4.48. The van der Waals surface area contributed by atoms with Gasteiger partial charge in [0.15, 0.2) is 5.76 Å². The summed E-state index contributed by atoms with van der Waals surface area (Å²) in [7, 11) is 0. The first-order chi connectivity index (χ1) is 11.7. The summed E-state index contributed by atoms with van der Waals surface area (Å²) in [5.41, 5.74) is 0.943. The average Bonchev–Trinajstić information content (AvgIpc) is 3.04. The normalized spacial score (nSPS) is 10.9. The maximum atomic E-state index is 14.7. The van der Waals surface area contributed by atoms with Crippen molar-refractivity contribution >= 4 is 22.5 Å². The Bertz CT molecular complexity index is 1030. The van der Waals surface area contributed by atoms with Crippen LogP contribution in [0.2, 0.25) is 0 Å². The molecule has 0 bridgehead atoms. The molecule has 4 rings (SSSR count). The molecule has 2 aromatic heterocycles. The fourth-order valence-corrected chi connectivity index (χ4v) is 2.48. The van der Waals surface area contributed by atoms with Crippen LogP contribution in [-0.2, 0) is 0 Å². The molecule has 2 heterocycles. The molecule has 0 aliphatic heterocycles. The highest BCUT2D eigenvalue weighted by molar-refractivity contribution is 5.86. The topological polar surface area (TPSA) is 71.2 Å². The van der Waals surface area contributed by atoms with Crippen LogP contribution >= 0.6 is 0 Å². The Morgan fingerprint density at radius 2 is 2.00 bits per heavy atom. The second kappa shape index (κ2) is 5.66. The van der Waals surface area contributed by atoms with E-state index < -0.39 is 0 Å². The number of hydrogen-bond acceptors (Lipinski definition) is 5. The monoisotopic (exact) mass is 321 g/mol. The largest absolute Gasteiger partial charge is 0.508 e. The van der Waals surface area contributed by atoms with Crippen molar-refractivity contribution in [2.45, 2.75) is 0 Å². The number of aromatic nitrogens is 2. The molecule has 0 amide bonds. The van der Waals surface area contributed by atoms with Crippen molar-refractivity contribution in [3.8, 4) is 17.1 Å². The molecule has 118 valence electrons. The Morgan fingerprint density at radius 3 is 2.88 bits per heavy atom. The van der Waals surface area contributed by atoms with E-state index >= 15 is 0 Å². The number of rotatable bonds is 3. The number of phenols is 1. The molecule has 2 aromatic carbocycles. The number of aromatic hydroxyl groups is 1. The van der Waals surface area contributed by atoms with Gasteiger partial charge < -0.3 is 14.8 Å². The molecule has 24 heavy (non-hydrogen) atoms. The lowest BCUT2D eigenvalue weighted by molar-refractivity contribution is 0.475. The molecule has 6 heteroatoms. The summed E-state index contributed by atoms with van der Waals surface area (Å²) in [5, 5.41) is 13.6. The van der Waals surface area contributed by atoms with Crippen LogP contribution in [0.3, 0.4) is 0 Å². The lowest BCUT2D eigenvalue weighted by atomic mass is 10.1. The number of anilines is 2. The molecule has 0 spiro atoms. The Hall–Kier alpha value is -3.41. The highest BCUT2D eigenvalue weighted by Gasteiger charge is 2.14. The number of pyridine rings is 1. The molecule has 0 saturated heterocycles. The lowest BCUT2D eigenvalue weighted by Gasteiger charge is -2.04. The summed E-state index contributed by atoms with van der Waals surface area (Å²) in [5.74, 6) is 0.0600. The van der Waals surface area contributed by atoms with E-state index in [0.717, 1.165) is 5.39 Å². The fourth-order valence-electron chi connectivity index (χ4n) is 2.48. The van der Waals surface area contributed by atoms with E-state index in [1.807, 2.05) is 0 Å². The highest BCUT2D eigenvalue weighted by atomic mass is 19.1. The molecule has 0 radical (unpaired) electrons. The predicted molar refractivity (Wildman–Crippen MR) is 88.6 cm³/mol. The van der Waals surface area contributed by atoms with Gasteiger partial charge in [0.25, 0.3) is 6.01 Å². The van der Waals surface area contributed by atoms with Crippen molar-refractivity contribution in [2.75, 3.05) is 5.32 Å². The zero-order valence-electron chi connectivity index (χ0n) is 12.4. The number of nitrogens with zero attached hydrogens (tertiary/aromatic N) is 2. The van der Waals surface area contributed by atoms with Crippen LogP contribution in [0.15, 0.2) is 65.5 Å². The number of oxazole rings is 1. The number of benzene rings is 2. The summed E-state index contributed by atoms with van der Waals surface area (Å²) < 4.78 is 20.3. The first-order valence-electron chi connectivity index (χ1n) is 7.25. The third-order valence-corrected chi connectivity index (χ3v) is 3.62. The van der Waals surface area contributed by atoms with Crippen LogP contribution in [-0.4, -0.2) is 15.1 Å². The number of nitrogens with one attached hydrogen (secondary N) is 1. The average molecular weight is 321 g/mol. The summed E-state index contributed by atoms with van der Waals surface area (Å²) in [4.78, 5) is 8.08. The first-order valence-corrected chi connectivity index (χ1v) is 7.25. The number of halogens is 1. The van der Waals surface area contributed by atoms with Gasteiger partial charge in [-0.3, -0.25) is 4.98 Å². The molecule has 0 unspecified atom stereocenters. The lowest BCUT2D eigenvalue weighted by Crippen LogP contribution is -1.89. The molecule has 2 N–H and O–H groups in total. The second-order valence-electron chi connectivity index (χ2n) is 5.23. The SMILES string of the molecule is Oc1cccc(Nc2ncc(-c3ccc4cnccc4c3F)o2)c1. The summed E-state index contributed by atoms with van der Waals surface area (Å²) in [6.07, 6.45) is 4.61. The van der Waals surface area contributed by atoms with Gasteiger partial charge in [-0.15, -0.1) is 0 Å². The fraction of sp³-hybridized carbons (Fsp3) is 0. The maximum absolute atomic E-state index is 14.7. The number of phenolic OH excluding ortho intramolecular Hbond substituents is 1. The third-order valence-electron chi connectivity index (χ3n) is 3.62. The smallest absolute Gasteiger partial charge is 0.299 e. The summed E-state index contributed by atoms with van der Waals surface area (Å²) in [6, 6.07) is 11.8. The van der Waals surface area contributed by atoms with Gasteiger partial charge in [0, 0.05) is 34.9 Å². The van der Waals surface area contributed by atoms with E-state index in [0.29, 0.717) is 22.4 Å². The molecule has 5 nitrogen and oxygen atoms in total. The van der Waals surface area contributed by atoms with Crippen molar-refractivity contribution in [2.24, 2.45) is 0 Å². The maximum Gasteiger partial charge on any atom is 0.299 e. The molecule has 4 aromatic rings. The Morgan fingerprint density at radius 1 is 1.08 bits per heavy atom. The van der Waals surface area contributed by atoms with Crippen molar-refractivity contribution in [3.63, 3.8) is 0 Å².